The van der Waals surface area contributed by atoms with Gasteiger partial charge >= 0.3 is 5.76 Å². The number of oxazole rings is 1. The summed E-state index contributed by atoms with van der Waals surface area (Å²) in [6.07, 6.45) is 0.662. The predicted molar refractivity (Wildman–Crippen MR) is 121 cm³/mol. The first kappa shape index (κ1) is 22.7. The molecule has 1 amide bonds. The van der Waals surface area contributed by atoms with E-state index in [4.69, 9.17) is 9.15 Å². The molecule has 174 valence electrons. The first-order valence-corrected chi connectivity index (χ1v) is 10.9. The van der Waals surface area contributed by atoms with Crippen molar-refractivity contribution in [1.29, 1.82) is 0 Å². The van der Waals surface area contributed by atoms with Gasteiger partial charge in [0.25, 0.3) is 5.69 Å². The van der Waals surface area contributed by atoms with E-state index in [9.17, 15) is 19.7 Å². The number of nitrogens with one attached hydrogen (secondary N) is 1. The second kappa shape index (κ2) is 10.4. The summed E-state index contributed by atoms with van der Waals surface area (Å²) in [4.78, 5) is 37.6. The molecule has 0 saturated carbocycles. The number of aromatic nitrogens is 1. The number of hydrogen-bond acceptors (Lipinski definition) is 7. The number of benzene rings is 2. The number of morpholine rings is 1. The van der Waals surface area contributed by atoms with Crippen LogP contribution in [0.25, 0.3) is 11.1 Å². The molecule has 1 aliphatic rings. The number of fused-ring (bicyclic) bond motifs is 1. The van der Waals surface area contributed by atoms with Crippen LogP contribution in [0.15, 0.2) is 57.7 Å². The molecule has 10 heteroatoms. The lowest BCUT2D eigenvalue weighted by atomic mass is 10.1. The van der Waals surface area contributed by atoms with Crippen molar-refractivity contribution in [2.75, 3.05) is 32.8 Å². The smallest absolute Gasteiger partial charge is 0.407 e. The van der Waals surface area contributed by atoms with Gasteiger partial charge in [-0.3, -0.25) is 24.4 Å². The Kier molecular flexibility index (Phi) is 7.16. The normalized spacial score (nSPS) is 15.4. The van der Waals surface area contributed by atoms with E-state index in [2.05, 4.69) is 10.2 Å². The number of hydrogen-bond donors (Lipinski definition) is 1. The quantitative estimate of drug-likeness (QED) is 0.390. The Labute approximate surface area is 189 Å². The number of nitrogens with zero attached hydrogens (tertiary/aromatic N) is 3. The molecule has 0 aliphatic carbocycles. The molecule has 1 aromatic heterocycles. The Hall–Kier alpha value is -3.50. The fourth-order valence-electron chi connectivity index (χ4n) is 4.01. The molecule has 33 heavy (non-hydrogen) atoms. The van der Waals surface area contributed by atoms with E-state index in [0.29, 0.717) is 31.7 Å². The second-order valence-corrected chi connectivity index (χ2v) is 7.98. The first-order valence-electron chi connectivity index (χ1n) is 10.9. The monoisotopic (exact) mass is 454 g/mol. The molecular formula is C23H26N4O6. The van der Waals surface area contributed by atoms with Gasteiger partial charge in [0.05, 0.1) is 35.8 Å². The molecule has 0 bridgehead atoms. The molecule has 0 radical (unpaired) electrons. The van der Waals surface area contributed by atoms with Gasteiger partial charge in [0.2, 0.25) is 5.91 Å². The minimum absolute atomic E-state index is 0.103. The fraction of sp³-hybridized carbons (Fsp3) is 0.391. The van der Waals surface area contributed by atoms with Crippen LogP contribution in [-0.4, -0.2) is 53.1 Å². The van der Waals surface area contributed by atoms with Crippen molar-refractivity contribution in [2.45, 2.75) is 25.4 Å². The first-order chi connectivity index (χ1) is 16.0. The molecule has 0 spiro atoms. The zero-order chi connectivity index (χ0) is 23.2. The van der Waals surface area contributed by atoms with Gasteiger partial charge in [-0.15, -0.1) is 0 Å². The summed E-state index contributed by atoms with van der Waals surface area (Å²) in [5.74, 6) is -0.700. The molecule has 1 saturated heterocycles. The average Bonchev–Trinajstić information content (AvgIpc) is 3.14. The molecule has 1 unspecified atom stereocenters. The minimum atomic E-state index is -0.597. The van der Waals surface area contributed by atoms with Crippen molar-refractivity contribution >= 4 is 22.7 Å². The summed E-state index contributed by atoms with van der Waals surface area (Å²) in [7, 11) is 0. The van der Waals surface area contributed by atoms with Crippen LogP contribution in [0.3, 0.4) is 0 Å². The highest BCUT2D eigenvalue weighted by Crippen LogP contribution is 2.20. The number of nitro groups is 1. The highest BCUT2D eigenvalue weighted by atomic mass is 16.6. The molecule has 10 nitrogen and oxygen atoms in total. The van der Waals surface area contributed by atoms with E-state index in [1.54, 1.807) is 0 Å². The van der Waals surface area contributed by atoms with Gasteiger partial charge in [0, 0.05) is 38.7 Å². The number of aryl methyl sites for hydroxylation is 1. The largest absolute Gasteiger partial charge is 0.419 e. The number of rotatable bonds is 9. The number of non-ortho nitro benzene ring substituents is 1. The lowest BCUT2D eigenvalue weighted by Gasteiger charge is -2.31. The van der Waals surface area contributed by atoms with Crippen molar-refractivity contribution in [1.82, 2.24) is 14.8 Å². The lowest BCUT2D eigenvalue weighted by molar-refractivity contribution is -0.384. The summed E-state index contributed by atoms with van der Waals surface area (Å²) in [5, 5.41) is 14.1. The van der Waals surface area contributed by atoms with Crippen LogP contribution < -0.4 is 11.1 Å². The molecule has 1 fully saturated rings. The van der Waals surface area contributed by atoms with Crippen molar-refractivity contribution in [3.8, 4) is 0 Å². The summed E-state index contributed by atoms with van der Waals surface area (Å²) in [6, 6.07) is 13.8. The van der Waals surface area contributed by atoms with Gasteiger partial charge in [-0.25, -0.2) is 4.79 Å². The molecule has 1 N–H and O–H groups in total. The highest BCUT2D eigenvalue weighted by molar-refractivity contribution is 5.77. The van der Waals surface area contributed by atoms with Crippen molar-refractivity contribution in [2.24, 2.45) is 0 Å². The van der Waals surface area contributed by atoms with Crippen LogP contribution in [0, 0.1) is 10.1 Å². The van der Waals surface area contributed by atoms with Crippen LogP contribution in [-0.2, 0) is 16.1 Å². The molecule has 1 aliphatic heterocycles. The third kappa shape index (κ3) is 5.65. The number of nitro benzene ring substituents is 1. The van der Waals surface area contributed by atoms with Crippen molar-refractivity contribution in [3.63, 3.8) is 0 Å². The van der Waals surface area contributed by atoms with Gasteiger partial charge < -0.3 is 14.5 Å². The molecule has 2 heterocycles. The molecule has 2 aromatic carbocycles. The average molecular weight is 454 g/mol. The number of ether oxygens (including phenoxy) is 1. The Bertz CT molecular complexity index is 1170. The van der Waals surface area contributed by atoms with E-state index < -0.39 is 10.7 Å². The van der Waals surface area contributed by atoms with E-state index in [-0.39, 0.29) is 36.2 Å². The lowest BCUT2D eigenvalue weighted by Crippen LogP contribution is -2.43. The van der Waals surface area contributed by atoms with Crippen LogP contribution >= 0.6 is 0 Å². The van der Waals surface area contributed by atoms with Gasteiger partial charge in [0.1, 0.15) is 0 Å². The highest BCUT2D eigenvalue weighted by Gasteiger charge is 2.20. The second-order valence-electron chi connectivity index (χ2n) is 7.98. The zero-order valence-electron chi connectivity index (χ0n) is 18.1. The van der Waals surface area contributed by atoms with Crippen molar-refractivity contribution in [3.05, 3.63) is 74.8 Å². The zero-order valence-corrected chi connectivity index (χ0v) is 18.1. The van der Waals surface area contributed by atoms with Crippen LogP contribution in [0.2, 0.25) is 0 Å². The minimum Gasteiger partial charge on any atom is -0.407 e. The van der Waals surface area contributed by atoms with Crippen LogP contribution in [0.4, 0.5) is 5.69 Å². The van der Waals surface area contributed by atoms with Crippen molar-refractivity contribution < 1.29 is 18.9 Å². The summed E-state index contributed by atoms with van der Waals surface area (Å²) < 4.78 is 12.0. The molecule has 3 aromatic rings. The molecule has 4 rings (SSSR count). The summed E-state index contributed by atoms with van der Waals surface area (Å²) in [5.41, 5.74) is 1.53. The number of amides is 1. The van der Waals surface area contributed by atoms with Gasteiger partial charge in [-0.05, 0) is 18.1 Å². The maximum Gasteiger partial charge on any atom is 0.419 e. The third-order valence-corrected chi connectivity index (χ3v) is 5.73. The Morgan fingerprint density at radius 1 is 1.15 bits per heavy atom. The maximum absolute atomic E-state index is 12.7. The number of carbonyl (C=O) groups excluding carboxylic acids is 1. The van der Waals surface area contributed by atoms with Crippen LogP contribution in [0.1, 0.15) is 24.4 Å². The van der Waals surface area contributed by atoms with E-state index in [1.807, 2.05) is 30.3 Å². The fourth-order valence-corrected chi connectivity index (χ4v) is 4.01. The molecule has 1 atom stereocenters. The predicted octanol–water partition coefficient (Wildman–Crippen LogP) is 2.47. The summed E-state index contributed by atoms with van der Waals surface area (Å²) in [6.45, 7) is 4.00. The van der Waals surface area contributed by atoms with E-state index in [0.717, 1.165) is 18.7 Å². The Balaban J connectivity index is 1.37. The van der Waals surface area contributed by atoms with E-state index >= 15 is 0 Å². The van der Waals surface area contributed by atoms with Crippen LogP contribution in [0.5, 0.6) is 0 Å². The van der Waals surface area contributed by atoms with Gasteiger partial charge in [-0.1, -0.05) is 30.3 Å². The third-order valence-electron chi connectivity index (χ3n) is 5.73. The topological polar surface area (TPSA) is 120 Å². The van der Waals surface area contributed by atoms with Gasteiger partial charge in [0.15, 0.2) is 5.58 Å². The Morgan fingerprint density at radius 3 is 2.64 bits per heavy atom. The molecular weight excluding hydrogens is 428 g/mol. The maximum atomic E-state index is 12.7. The Morgan fingerprint density at radius 2 is 1.91 bits per heavy atom. The summed E-state index contributed by atoms with van der Waals surface area (Å²) >= 11 is 0. The number of carbonyl (C=O) groups is 1. The van der Waals surface area contributed by atoms with E-state index in [1.165, 1.54) is 22.8 Å². The standard InChI is InChI=1S/C23H26N4O6/c28-22(24-19(17-5-2-1-3-6-17)16-25-11-13-32-14-12-25)7-4-10-26-20-9-8-18(27(30)31)15-21(20)33-23(26)29/h1-3,5-6,8-9,15,19H,4,7,10-14,16H2,(H,24,28). The SMILES string of the molecule is O=C(CCCn1c(=O)oc2cc([N+](=O)[O-])ccc21)NC(CN1CCOCC1)c1ccccc1. The van der Waals surface area contributed by atoms with Gasteiger partial charge in [-0.2, -0.15) is 0 Å².